The lowest BCUT2D eigenvalue weighted by molar-refractivity contribution is 0.751. The summed E-state index contributed by atoms with van der Waals surface area (Å²) in [6.45, 7) is 0. The Hall–Kier alpha value is -2.08. The third-order valence-corrected chi connectivity index (χ3v) is 3.54. The van der Waals surface area contributed by atoms with Crippen molar-refractivity contribution in [3.63, 3.8) is 0 Å². The van der Waals surface area contributed by atoms with Crippen molar-refractivity contribution in [3.8, 4) is 6.07 Å². The van der Waals surface area contributed by atoms with Gasteiger partial charge in [-0.2, -0.15) is 5.26 Å². The summed E-state index contributed by atoms with van der Waals surface area (Å²) < 4.78 is 0. The maximum Gasteiger partial charge on any atom is 0.144 e. The third kappa shape index (κ3) is 2.02. The van der Waals surface area contributed by atoms with Gasteiger partial charge in [-0.05, 0) is 25.0 Å². The average molecular weight is 237 g/mol. The van der Waals surface area contributed by atoms with Gasteiger partial charge in [0, 0.05) is 11.4 Å². The van der Waals surface area contributed by atoms with Crippen LogP contribution in [0.4, 0.5) is 5.82 Å². The van der Waals surface area contributed by atoms with E-state index in [1.807, 2.05) is 30.3 Å². The van der Waals surface area contributed by atoms with Crippen molar-refractivity contribution < 1.29 is 0 Å². The van der Waals surface area contributed by atoms with Crippen LogP contribution in [-0.4, -0.2) is 11.0 Å². The number of nitrogens with one attached hydrogen (secondary N) is 1. The van der Waals surface area contributed by atoms with Crippen LogP contribution in [0.25, 0.3) is 10.9 Å². The highest BCUT2D eigenvalue weighted by atomic mass is 15.0. The first-order valence-electron chi connectivity index (χ1n) is 6.43. The molecular formula is C15H15N3. The zero-order valence-electron chi connectivity index (χ0n) is 10.2. The van der Waals surface area contributed by atoms with Gasteiger partial charge in [-0.1, -0.05) is 31.0 Å². The van der Waals surface area contributed by atoms with Gasteiger partial charge >= 0.3 is 0 Å². The maximum atomic E-state index is 9.22. The highest BCUT2D eigenvalue weighted by Gasteiger charge is 2.17. The van der Waals surface area contributed by atoms with Crippen molar-refractivity contribution in [2.45, 2.75) is 31.7 Å². The van der Waals surface area contributed by atoms with Crippen molar-refractivity contribution in [2.24, 2.45) is 0 Å². The number of para-hydroxylation sites is 1. The number of hydrogen-bond donors (Lipinski definition) is 1. The minimum absolute atomic E-state index is 0.478. The molecule has 1 heterocycles. The van der Waals surface area contributed by atoms with Gasteiger partial charge in [0.05, 0.1) is 11.1 Å². The van der Waals surface area contributed by atoms with Gasteiger partial charge in [-0.25, -0.2) is 4.98 Å². The Morgan fingerprint density at radius 1 is 1.22 bits per heavy atom. The second-order valence-electron chi connectivity index (χ2n) is 4.81. The molecule has 0 saturated heterocycles. The number of nitrogens with zero attached hydrogens (tertiary/aromatic N) is 2. The predicted octanol–water partition coefficient (Wildman–Crippen LogP) is 3.46. The number of pyridine rings is 1. The Bertz CT molecular complexity index is 607. The monoisotopic (exact) mass is 237 g/mol. The zero-order chi connectivity index (χ0) is 12.4. The lowest BCUT2D eigenvalue weighted by Gasteiger charge is -2.14. The molecule has 3 nitrogen and oxygen atoms in total. The standard InChI is InChI=1S/C15H15N3/c16-10-12-9-11-5-1-4-8-14(11)18-15(12)17-13-6-2-3-7-13/h1,4-5,8-9,13H,2-3,6-7H2,(H,17,18). The lowest BCUT2D eigenvalue weighted by atomic mass is 10.1. The van der Waals surface area contributed by atoms with Gasteiger partial charge in [0.25, 0.3) is 0 Å². The highest BCUT2D eigenvalue weighted by molar-refractivity contribution is 5.82. The minimum Gasteiger partial charge on any atom is -0.366 e. The molecule has 90 valence electrons. The maximum absolute atomic E-state index is 9.22. The van der Waals surface area contributed by atoms with Crippen LogP contribution in [-0.2, 0) is 0 Å². The molecule has 1 N–H and O–H groups in total. The van der Waals surface area contributed by atoms with Crippen molar-refractivity contribution in [1.29, 1.82) is 5.26 Å². The second-order valence-corrected chi connectivity index (χ2v) is 4.81. The fourth-order valence-corrected chi connectivity index (χ4v) is 2.57. The van der Waals surface area contributed by atoms with Crippen molar-refractivity contribution in [3.05, 3.63) is 35.9 Å². The van der Waals surface area contributed by atoms with E-state index in [-0.39, 0.29) is 0 Å². The fraction of sp³-hybridized carbons (Fsp3) is 0.333. The first-order chi connectivity index (χ1) is 8.86. The molecule has 0 unspecified atom stereocenters. The molecule has 0 atom stereocenters. The molecule has 1 aliphatic rings. The van der Waals surface area contributed by atoms with Crippen LogP contribution in [0.5, 0.6) is 0 Å². The minimum atomic E-state index is 0.478. The van der Waals surface area contributed by atoms with Gasteiger partial charge in [-0.15, -0.1) is 0 Å². The highest BCUT2D eigenvalue weighted by Crippen LogP contribution is 2.25. The van der Waals surface area contributed by atoms with E-state index in [0.717, 1.165) is 16.7 Å². The molecule has 1 fully saturated rings. The molecule has 1 aliphatic carbocycles. The molecule has 2 aromatic rings. The lowest BCUT2D eigenvalue weighted by Crippen LogP contribution is -2.16. The fourth-order valence-electron chi connectivity index (χ4n) is 2.57. The van der Waals surface area contributed by atoms with E-state index >= 15 is 0 Å². The summed E-state index contributed by atoms with van der Waals surface area (Å²) in [6, 6.07) is 12.5. The smallest absolute Gasteiger partial charge is 0.144 e. The molecule has 0 amide bonds. The molecule has 1 aromatic carbocycles. The SMILES string of the molecule is N#Cc1cc2ccccc2nc1NC1CCCC1. The molecule has 1 aromatic heterocycles. The summed E-state index contributed by atoms with van der Waals surface area (Å²) >= 11 is 0. The average Bonchev–Trinajstić information content (AvgIpc) is 2.91. The van der Waals surface area contributed by atoms with Crippen LogP contribution in [0.3, 0.4) is 0 Å². The summed E-state index contributed by atoms with van der Waals surface area (Å²) in [7, 11) is 0. The van der Waals surface area contributed by atoms with E-state index in [9.17, 15) is 5.26 Å². The van der Waals surface area contributed by atoms with Gasteiger partial charge in [0.2, 0.25) is 0 Å². The Kier molecular flexibility index (Phi) is 2.85. The summed E-state index contributed by atoms with van der Waals surface area (Å²) in [5, 5.41) is 13.7. The van der Waals surface area contributed by atoms with E-state index in [2.05, 4.69) is 16.4 Å². The van der Waals surface area contributed by atoms with Gasteiger partial charge in [-0.3, -0.25) is 0 Å². The number of hydrogen-bond acceptors (Lipinski definition) is 3. The Morgan fingerprint density at radius 2 is 2.00 bits per heavy atom. The number of anilines is 1. The topological polar surface area (TPSA) is 48.7 Å². The number of fused-ring (bicyclic) bond motifs is 1. The number of nitriles is 1. The number of rotatable bonds is 2. The zero-order valence-corrected chi connectivity index (χ0v) is 10.2. The van der Waals surface area contributed by atoms with E-state index in [1.165, 1.54) is 25.7 Å². The summed E-state index contributed by atoms with van der Waals surface area (Å²) in [4.78, 5) is 4.58. The van der Waals surface area contributed by atoms with Gasteiger partial charge < -0.3 is 5.32 Å². The van der Waals surface area contributed by atoms with E-state index in [0.29, 0.717) is 11.6 Å². The van der Waals surface area contributed by atoms with E-state index in [4.69, 9.17) is 0 Å². The van der Waals surface area contributed by atoms with Crippen molar-refractivity contribution in [1.82, 2.24) is 4.98 Å². The number of aromatic nitrogens is 1. The number of benzene rings is 1. The van der Waals surface area contributed by atoms with Crippen molar-refractivity contribution >= 4 is 16.7 Å². The quantitative estimate of drug-likeness (QED) is 0.870. The third-order valence-electron chi connectivity index (χ3n) is 3.54. The Balaban J connectivity index is 2.01. The molecule has 1 saturated carbocycles. The van der Waals surface area contributed by atoms with E-state index < -0.39 is 0 Å². The molecular weight excluding hydrogens is 222 g/mol. The summed E-state index contributed by atoms with van der Waals surface area (Å²) in [5.74, 6) is 0.739. The van der Waals surface area contributed by atoms with Crippen LogP contribution >= 0.6 is 0 Å². The molecule has 18 heavy (non-hydrogen) atoms. The predicted molar refractivity (Wildman–Crippen MR) is 72.3 cm³/mol. The molecule has 0 bridgehead atoms. The van der Waals surface area contributed by atoms with Gasteiger partial charge in [0.15, 0.2) is 0 Å². The van der Waals surface area contributed by atoms with Crippen LogP contribution in [0, 0.1) is 11.3 Å². The van der Waals surface area contributed by atoms with Gasteiger partial charge in [0.1, 0.15) is 11.9 Å². The van der Waals surface area contributed by atoms with E-state index in [1.54, 1.807) is 0 Å². The normalized spacial score (nSPS) is 15.7. The first kappa shape index (κ1) is 11.0. The van der Waals surface area contributed by atoms with Crippen LogP contribution in [0.1, 0.15) is 31.2 Å². The Morgan fingerprint density at radius 3 is 2.78 bits per heavy atom. The van der Waals surface area contributed by atoms with Crippen LogP contribution < -0.4 is 5.32 Å². The summed E-state index contributed by atoms with van der Waals surface area (Å²) in [5.41, 5.74) is 1.58. The molecule has 3 heteroatoms. The summed E-state index contributed by atoms with van der Waals surface area (Å²) in [6.07, 6.45) is 4.90. The molecule has 0 spiro atoms. The second kappa shape index (κ2) is 4.66. The largest absolute Gasteiger partial charge is 0.366 e. The molecule has 3 rings (SSSR count). The van der Waals surface area contributed by atoms with Crippen LogP contribution in [0.2, 0.25) is 0 Å². The molecule has 0 radical (unpaired) electrons. The first-order valence-corrected chi connectivity index (χ1v) is 6.43. The van der Waals surface area contributed by atoms with Crippen LogP contribution in [0.15, 0.2) is 30.3 Å². The molecule has 0 aliphatic heterocycles. The Labute approximate surface area is 106 Å². The van der Waals surface area contributed by atoms with Crippen molar-refractivity contribution in [2.75, 3.05) is 5.32 Å².